The summed E-state index contributed by atoms with van der Waals surface area (Å²) in [5, 5.41) is 9.56. The normalized spacial score (nSPS) is 9.62. The lowest BCUT2D eigenvalue weighted by Crippen LogP contribution is -2.07. The Balaban J connectivity index is 3.21. The van der Waals surface area contributed by atoms with Crippen LogP contribution in [0.3, 0.4) is 0 Å². The topological polar surface area (TPSA) is 50.1 Å². The number of hydrogen-bond acceptors (Lipinski definition) is 3. The van der Waals surface area contributed by atoms with Crippen molar-refractivity contribution >= 4 is 37.8 Å². The fourth-order valence-corrected chi connectivity index (χ4v) is 2.43. The molecule has 0 aliphatic carbocycles. The van der Waals surface area contributed by atoms with Crippen molar-refractivity contribution in [2.45, 2.75) is 11.8 Å². The largest absolute Gasteiger partial charge is 0.469 e. The van der Waals surface area contributed by atoms with Gasteiger partial charge in [0.05, 0.1) is 19.1 Å². The van der Waals surface area contributed by atoms with E-state index in [2.05, 4.69) is 42.7 Å². The van der Waals surface area contributed by atoms with Gasteiger partial charge in [0.15, 0.2) is 0 Å². The highest BCUT2D eigenvalue weighted by Gasteiger charge is 2.13. The molecule has 0 fully saturated rings. The van der Waals surface area contributed by atoms with Crippen molar-refractivity contribution < 1.29 is 9.53 Å². The van der Waals surface area contributed by atoms with E-state index in [9.17, 15) is 4.79 Å². The summed E-state index contributed by atoms with van der Waals surface area (Å²) in [4.78, 5) is 11.2. The van der Waals surface area contributed by atoms with Gasteiger partial charge in [0.25, 0.3) is 0 Å². The first kappa shape index (κ1) is 13.2. The average Bonchev–Trinajstić information content (AvgIpc) is 2.30. The number of nitriles is 1. The summed E-state index contributed by atoms with van der Waals surface area (Å²) in [5.41, 5.74) is 2.18. The van der Waals surface area contributed by atoms with Gasteiger partial charge < -0.3 is 4.74 Å². The van der Waals surface area contributed by atoms with Crippen LogP contribution in [-0.2, 0) is 21.3 Å². The molecular formula is C11H9Br2NO2. The number of carbonyl (C=O) groups is 1. The van der Waals surface area contributed by atoms with E-state index < -0.39 is 0 Å². The second-order valence-corrected chi connectivity index (χ2v) is 4.47. The van der Waals surface area contributed by atoms with Gasteiger partial charge in [-0.3, -0.25) is 4.79 Å². The predicted molar refractivity (Wildman–Crippen MR) is 67.2 cm³/mol. The summed E-state index contributed by atoms with van der Waals surface area (Å²) in [6, 6.07) is 5.70. The van der Waals surface area contributed by atoms with Crippen molar-refractivity contribution in [2.75, 3.05) is 7.11 Å². The molecule has 0 aliphatic rings. The van der Waals surface area contributed by atoms with Crippen LogP contribution in [0.4, 0.5) is 0 Å². The van der Waals surface area contributed by atoms with Crippen molar-refractivity contribution in [1.82, 2.24) is 0 Å². The maximum absolute atomic E-state index is 11.2. The highest BCUT2D eigenvalue weighted by atomic mass is 79.9. The minimum atomic E-state index is -0.312. The summed E-state index contributed by atoms with van der Waals surface area (Å²) >= 11 is 6.63. The number of carbonyl (C=O) groups excluding carboxylic acids is 1. The van der Waals surface area contributed by atoms with Crippen molar-refractivity contribution in [3.8, 4) is 6.07 Å². The van der Waals surface area contributed by atoms with Crippen LogP contribution in [0.2, 0.25) is 0 Å². The SMILES string of the molecule is COC(=O)Cc1ccc(Br)c(C#N)c1CBr. The molecule has 0 unspecified atom stereocenters. The number of rotatable bonds is 3. The van der Waals surface area contributed by atoms with Gasteiger partial charge in [-0.25, -0.2) is 0 Å². The highest BCUT2D eigenvalue weighted by molar-refractivity contribution is 9.10. The monoisotopic (exact) mass is 345 g/mol. The average molecular weight is 347 g/mol. The molecule has 5 heteroatoms. The zero-order valence-corrected chi connectivity index (χ0v) is 11.8. The number of halogens is 2. The maximum atomic E-state index is 11.2. The number of esters is 1. The molecule has 1 aromatic carbocycles. The summed E-state index contributed by atoms with van der Waals surface area (Å²) < 4.78 is 5.34. The van der Waals surface area contributed by atoms with Gasteiger partial charge in [-0.1, -0.05) is 22.0 Å². The lowest BCUT2D eigenvalue weighted by Gasteiger charge is -2.09. The molecule has 0 saturated heterocycles. The van der Waals surface area contributed by atoms with Gasteiger partial charge in [-0.05, 0) is 33.1 Å². The molecule has 0 bridgehead atoms. The molecule has 0 atom stereocenters. The Hall–Kier alpha value is -0.860. The summed E-state index contributed by atoms with van der Waals surface area (Å²) in [5.74, 6) is -0.312. The molecule has 1 aromatic rings. The van der Waals surface area contributed by atoms with E-state index in [1.165, 1.54) is 7.11 Å². The van der Waals surface area contributed by atoms with E-state index in [1.807, 2.05) is 6.07 Å². The van der Waals surface area contributed by atoms with Crippen LogP contribution in [0, 0.1) is 11.3 Å². The molecule has 84 valence electrons. The Kier molecular flexibility index (Phi) is 4.97. The zero-order valence-electron chi connectivity index (χ0n) is 8.59. The van der Waals surface area contributed by atoms with Crippen LogP contribution < -0.4 is 0 Å². The molecular weight excluding hydrogens is 338 g/mol. The summed E-state index contributed by atoms with van der Waals surface area (Å²) in [7, 11) is 1.35. The predicted octanol–water partition coefficient (Wildman–Crippen LogP) is 2.93. The van der Waals surface area contributed by atoms with E-state index in [1.54, 1.807) is 6.07 Å². The number of methoxy groups -OCH3 is 1. The smallest absolute Gasteiger partial charge is 0.309 e. The Bertz CT molecular complexity index is 452. The number of alkyl halides is 1. The molecule has 0 N–H and O–H groups in total. The van der Waals surface area contributed by atoms with Crippen LogP contribution >= 0.6 is 31.9 Å². The quantitative estimate of drug-likeness (QED) is 0.624. The van der Waals surface area contributed by atoms with Crippen LogP contribution in [0.5, 0.6) is 0 Å². The second kappa shape index (κ2) is 6.02. The molecule has 3 nitrogen and oxygen atoms in total. The molecule has 1 rings (SSSR count). The molecule has 0 spiro atoms. The number of ether oxygens (including phenoxy) is 1. The van der Waals surface area contributed by atoms with E-state index in [0.29, 0.717) is 10.9 Å². The molecule has 0 amide bonds. The Morgan fingerprint density at radius 2 is 2.25 bits per heavy atom. The summed E-state index contributed by atoms with van der Waals surface area (Å²) in [6.45, 7) is 0. The standard InChI is InChI=1S/C11H9Br2NO2/c1-16-11(15)4-7-2-3-10(13)9(6-14)8(7)5-12/h2-3H,4-5H2,1H3. The molecule has 0 saturated carbocycles. The number of nitrogens with zero attached hydrogens (tertiary/aromatic N) is 1. The molecule has 0 aliphatic heterocycles. The lowest BCUT2D eigenvalue weighted by atomic mass is 10.0. The Morgan fingerprint density at radius 1 is 1.56 bits per heavy atom. The minimum Gasteiger partial charge on any atom is -0.469 e. The van der Waals surface area contributed by atoms with Gasteiger partial charge in [-0.2, -0.15) is 5.26 Å². The Labute approximate surface area is 111 Å². The molecule has 0 aromatic heterocycles. The second-order valence-electron chi connectivity index (χ2n) is 3.06. The third-order valence-electron chi connectivity index (χ3n) is 2.17. The fraction of sp³-hybridized carbons (Fsp3) is 0.273. The van der Waals surface area contributed by atoms with Crippen LogP contribution in [0.1, 0.15) is 16.7 Å². The zero-order chi connectivity index (χ0) is 12.1. The lowest BCUT2D eigenvalue weighted by molar-refractivity contribution is -0.139. The molecule has 16 heavy (non-hydrogen) atoms. The minimum absolute atomic E-state index is 0.180. The van der Waals surface area contributed by atoms with Gasteiger partial charge in [0.2, 0.25) is 0 Å². The fourth-order valence-electron chi connectivity index (χ4n) is 1.33. The van der Waals surface area contributed by atoms with E-state index in [-0.39, 0.29) is 12.4 Å². The van der Waals surface area contributed by atoms with E-state index in [0.717, 1.165) is 15.6 Å². The van der Waals surface area contributed by atoms with Crippen LogP contribution in [0.25, 0.3) is 0 Å². The van der Waals surface area contributed by atoms with Gasteiger partial charge >= 0.3 is 5.97 Å². The molecule has 0 heterocycles. The Morgan fingerprint density at radius 3 is 2.75 bits per heavy atom. The highest BCUT2D eigenvalue weighted by Crippen LogP contribution is 2.25. The van der Waals surface area contributed by atoms with Crippen molar-refractivity contribution in [3.05, 3.63) is 33.3 Å². The van der Waals surface area contributed by atoms with Crippen LogP contribution in [0.15, 0.2) is 16.6 Å². The van der Waals surface area contributed by atoms with E-state index in [4.69, 9.17) is 5.26 Å². The third kappa shape index (κ3) is 2.83. The first-order valence-electron chi connectivity index (χ1n) is 4.47. The van der Waals surface area contributed by atoms with Gasteiger partial charge in [0, 0.05) is 9.80 Å². The molecule has 0 radical (unpaired) electrons. The van der Waals surface area contributed by atoms with Crippen molar-refractivity contribution in [1.29, 1.82) is 5.26 Å². The van der Waals surface area contributed by atoms with Crippen molar-refractivity contribution in [3.63, 3.8) is 0 Å². The van der Waals surface area contributed by atoms with E-state index >= 15 is 0 Å². The summed E-state index contributed by atoms with van der Waals surface area (Å²) in [6.07, 6.45) is 0.180. The van der Waals surface area contributed by atoms with Gasteiger partial charge in [0.1, 0.15) is 6.07 Å². The first-order valence-corrected chi connectivity index (χ1v) is 6.38. The van der Waals surface area contributed by atoms with Crippen LogP contribution in [-0.4, -0.2) is 13.1 Å². The third-order valence-corrected chi connectivity index (χ3v) is 3.39. The first-order chi connectivity index (χ1) is 7.63. The van der Waals surface area contributed by atoms with Gasteiger partial charge in [-0.15, -0.1) is 0 Å². The van der Waals surface area contributed by atoms with Crippen molar-refractivity contribution in [2.24, 2.45) is 0 Å². The number of hydrogen-bond donors (Lipinski definition) is 0. The maximum Gasteiger partial charge on any atom is 0.309 e. The number of benzene rings is 1.